The molecule has 0 unspecified atom stereocenters. The Labute approximate surface area is 121 Å². The van der Waals surface area contributed by atoms with Gasteiger partial charge in [-0.25, -0.2) is 9.78 Å². The fourth-order valence-corrected chi connectivity index (χ4v) is 2.91. The number of aromatic hydroxyl groups is 1. The van der Waals surface area contributed by atoms with Crippen LogP contribution in [0, 0.1) is 6.92 Å². The lowest BCUT2D eigenvalue weighted by Gasteiger charge is -2.07. The Morgan fingerprint density at radius 2 is 2.16 bits per heavy atom. The molecule has 2 rings (SSSR count). The minimum atomic E-state index is -1.05. The lowest BCUT2D eigenvalue weighted by atomic mass is 10.2. The third-order valence-electron chi connectivity index (χ3n) is 2.49. The third kappa shape index (κ3) is 2.57. The monoisotopic (exact) mass is 343 g/mol. The number of carboxylic acid groups (broad SMARTS) is 1. The Balaban J connectivity index is 2.56. The van der Waals surface area contributed by atoms with E-state index in [2.05, 4.69) is 20.9 Å². The molecular formula is C12H10BrNO4S. The average molecular weight is 344 g/mol. The van der Waals surface area contributed by atoms with Crippen LogP contribution in [-0.4, -0.2) is 28.3 Å². The van der Waals surface area contributed by atoms with E-state index in [1.165, 1.54) is 18.4 Å². The van der Waals surface area contributed by atoms with Gasteiger partial charge in [-0.15, -0.1) is 11.3 Å². The maximum atomic E-state index is 11.0. The van der Waals surface area contributed by atoms with E-state index >= 15 is 0 Å². The summed E-state index contributed by atoms with van der Waals surface area (Å²) in [4.78, 5) is 15.7. The molecule has 2 N–H and O–H groups in total. The molecule has 0 aliphatic rings. The van der Waals surface area contributed by atoms with E-state index in [1.54, 1.807) is 19.1 Å². The summed E-state index contributed by atoms with van der Waals surface area (Å²) in [6, 6.07) is 3.28. The molecule has 19 heavy (non-hydrogen) atoms. The summed E-state index contributed by atoms with van der Waals surface area (Å²) in [5, 5.41) is 19.3. The summed E-state index contributed by atoms with van der Waals surface area (Å²) in [6.45, 7) is 1.71. The minimum absolute atomic E-state index is 0.00186. The van der Waals surface area contributed by atoms with Crippen LogP contribution in [0.4, 0.5) is 0 Å². The molecule has 0 fully saturated rings. The van der Waals surface area contributed by atoms with E-state index in [1.807, 2.05) is 0 Å². The highest BCUT2D eigenvalue weighted by Gasteiger charge is 2.17. The van der Waals surface area contributed by atoms with Crippen LogP contribution in [0.2, 0.25) is 0 Å². The Hall–Kier alpha value is -1.60. The van der Waals surface area contributed by atoms with E-state index in [9.17, 15) is 9.90 Å². The number of hydrogen-bond donors (Lipinski definition) is 2. The van der Waals surface area contributed by atoms with Crippen molar-refractivity contribution in [3.05, 3.63) is 27.2 Å². The Morgan fingerprint density at radius 3 is 2.68 bits per heavy atom. The zero-order valence-corrected chi connectivity index (χ0v) is 12.5. The number of carboxylic acids is 1. The lowest BCUT2D eigenvalue weighted by molar-refractivity contribution is 0.0690. The summed E-state index contributed by atoms with van der Waals surface area (Å²) in [5.74, 6) is -0.753. The van der Waals surface area contributed by atoms with E-state index in [-0.39, 0.29) is 11.4 Å². The summed E-state index contributed by atoms with van der Waals surface area (Å²) < 4.78 is 5.52. The van der Waals surface area contributed by atoms with Crippen molar-refractivity contribution in [2.75, 3.05) is 7.11 Å². The van der Waals surface area contributed by atoms with Gasteiger partial charge in [0.05, 0.1) is 11.6 Å². The summed E-state index contributed by atoms with van der Waals surface area (Å²) in [7, 11) is 1.45. The number of phenolic OH excluding ortho intramolecular Hbond substituents is 1. The van der Waals surface area contributed by atoms with Gasteiger partial charge in [-0.05, 0) is 35.0 Å². The van der Waals surface area contributed by atoms with Gasteiger partial charge in [0.15, 0.2) is 17.2 Å². The van der Waals surface area contributed by atoms with Gasteiger partial charge in [0.1, 0.15) is 5.01 Å². The second-order valence-corrected chi connectivity index (χ2v) is 5.80. The predicted octanol–water partition coefficient (Wildman–Crippen LogP) is 3.29. The number of hydrogen-bond acceptors (Lipinski definition) is 5. The molecule has 0 aliphatic heterocycles. The van der Waals surface area contributed by atoms with Crippen molar-refractivity contribution in [2.24, 2.45) is 0 Å². The van der Waals surface area contributed by atoms with Gasteiger partial charge >= 0.3 is 5.97 Å². The van der Waals surface area contributed by atoms with E-state index < -0.39 is 5.97 Å². The molecule has 1 heterocycles. The number of thiazole rings is 1. The molecule has 0 aliphatic carbocycles. The first kappa shape index (κ1) is 13.8. The Kier molecular flexibility index (Phi) is 3.77. The largest absolute Gasteiger partial charge is 0.503 e. The van der Waals surface area contributed by atoms with Crippen LogP contribution in [0.5, 0.6) is 11.5 Å². The average Bonchev–Trinajstić information content (AvgIpc) is 2.74. The molecule has 0 radical (unpaired) electrons. The van der Waals surface area contributed by atoms with Gasteiger partial charge in [-0.1, -0.05) is 0 Å². The van der Waals surface area contributed by atoms with Crippen LogP contribution in [-0.2, 0) is 0 Å². The molecule has 0 bridgehead atoms. The molecule has 1 aromatic heterocycles. The van der Waals surface area contributed by atoms with Crippen LogP contribution in [0.15, 0.2) is 16.6 Å². The van der Waals surface area contributed by atoms with E-state index in [0.29, 0.717) is 25.7 Å². The molecule has 1 aromatic carbocycles. The van der Waals surface area contributed by atoms with Gasteiger partial charge in [0.2, 0.25) is 0 Å². The van der Waals surface area contributed by atoms with Crippen LogP contribution in [0.25, 0.3) is 10.6 Å². The van der Waals surface area contributed by atoms with E-state index in [4.69, 9.17) is 9.84 Å². The highest BCUT2D eigenvalue weighted by Crippen LogP contribution is 2.39. The molecule has 0 spiro atoms. The van der Waals surface area contributed by atoms with Gasteiger partial charge < -0.3 is 14.9 Å². The number of aromatic nitrogens is 1. The van der Waals surface area contributed by atoms with Crippen molar-refractivity contribution in [2.45, 2.75) is 6.92 Å². The molecule has 7 heteroatoms. The standard InChI is InChI=1S/C12H10BrNO4S/c1-5-9(12(16)17)14-11(19-5)6-3-7(13)10(15)8(4-6)18-2/h3-4,15H,1-2H3,(H,16,17). The molecule has 0 saturated heterocycles. The Bertz CT molecular complexity index is 653. The maximum Gasteiger partial charge on any atom is 0.355 e. The number of halogens is 1. The first-order valence-electron chi connectivity index (χ1n) is 5.21. The maximum absolute atomic E-state index is 11.0. The Morgan fingerprint density at radius 1 is 1.47 bits per heavy atom. The molecule has 100 valence electrons. The summed E-state index contributed by atoms with van der Waals surface area (Å²) >= 11 is 4.50. The number of nitrogens with zero attached hydrogens (tertiary/aromatic N) is 1. The van der Waals surface area contributed by atoms with Crippen molar-refractivity contribution in [3.8, 4) is 22.1 Å². The lowest BCUT2D eigenvalue weighted by Crippen LogP contribution is -1.98. The van der Waals surface area contributed by atoms with Gasteiger partial charge in [-0.3, -0.25) is 0 Å². The molecule has 5 nitrogen and oxygen atoms in total. The number of rotatable bonds is 3. The zero-order chi connectivity index (χ0) is 14.2. The fraction of sp³-hybridized carbons (Fsp3) is 0.167. The number of aryl methyl sites for hydroxylation is 1. The molecule has 0 saturated carbocycles. The van der Waals surface area contributed by atoms with Crippen LogP contribution >= 0.6 is 27.3 Å². The predicted molar refractivity (Wildman–Crippen MR) is 75.2 cm³/mol. The van der Waals surface area contributed by atoms with Crippen LogP contribution in [0.3, 0.4) is 0 Å². The van der Waals surface area contributed by atoms with Crippen molar-refractivity contribution >= 4 is 33.2 Å². The normalized spacial score (nSPS) is 10.5. The second kappa shape index (κ2) is 5.18. The quantitative estimate of drug-likeness (QED) is 0.893. The van der Waals surface area contributed by atoms with Crippen molar-refractivity contribution in [1.29, 1.82) is 0 Å². The molecule has 0 atom stereocenters. The third-order valence-corrected chi connectivity index (χ3v) is 4.12. The van der Waals surface area contributed by atoms with Crippen molar-refractivity contribution < 1.29 is 19.7 Å². The number of ether oxygens (including phenoxy) is 1. The number of carbonyl (C=O) groups is 1. The smallest absolute Gasteiger partial charge is 0.355 e. The molecule has 0 amide bonds. The SMILES string of the molecule is COc1cc(-c2nc(C(=O)O)c(C)s2)cc(Br)c1O. The highest BCUT2D eigenvalue weighted by molar-refractivity contribution is 9.10. The number of methoxy groups -OCH3 is 1. The van der Waals surface area contributed by atoms with Gasteiger partial charge in [0, 0.05) is 10.4 Å². The first-order valence-corrected chi connectivity index (χ1v) is 6.82. The zero-order valence-electron chi connectivity index (χ0n) is 10.1. The topological polar surface area (TPSA) is 79.7 Å². The summed E-state index contributed by atoms with van der Waals surface area (Å²) in [6.07, 6.45) is 0. The minimum Gasteiger partial charge on any atom is -0.503 e. The first-order chi connectivity index (χ1) is 8.93. The number of benzene rings is 1. The van der Waals surface area contributed by atoms with Crippen LogP contribution in [0.1, 0.15) is 15.4 Å². The van der Waals surface area contributed by atoms with Gasteiger partial charge in [0.25, 0.3) is 0 Å². The number of aromatic carboxylic acids is 1. The molecular weight excluding hydrogens is 334 g/mol. The highest BCUT2D eigenvalue weighted by atomic mass is 79.9. The van der Waals surface area contributed by atoms with Gasteiger partial charge in [-0.2, -0.15) is 0 Å². The second-order valence-electron chi connectivity index (χ2n) is 3.74. The number of phenols is 1. The fourth-order valence-electron chi connectivity index (χ4n) is 1.57. The van der Waals surface area contributed by atoms with Crippen molar-refractivity contribution in [3.63, 3.8) is 0 Å². The van der Waals surface area contributed by atoms with E-state index in [0.717, 1.165) is 0 Å². The summed E-state index contributed by atoms with van der Waals surface area (Å²) in [5.41, 5.74) is 0.727. The van der Waals surface area contributed by atoms with Crippen LogP contribution < -0.4 is 4.74 Å². The molecule has 2 aromatic rings. The van der Waals surface area contributed by atoms with Crippen molar-refractivity contribution in [1.82, 2.24) is 4.98 Å².